The van der Waals surface area contributed by atoms with E-state index in [1.165, 1.54) is 6.26 Å². The Kier molecular flexibility index (Phi) is 4.55. The van der Waals surface area contributed by atoms with Crippen LogP contribution in [0.2, 0.25) is 0 Å². The lowest BCUT2D eigenvalue weighted by atomic mass is 9.92. The van der Waals surface area contributed by atoms with Crippen molar-refractivity contribution in [3.05, 3.63) is 0 Å². The lowest BCUT2D eigenvalue weighted by molar-refractivity contribution is 0.0349. The van der Waals surface area contributed by atoms with E-state index in [4.69, 9.17) is 0 Å². The maximum Gasteiger partial charge on any atom is 0.148 e. The monoisotopic (exact) mass is 235 g/mol. The zero-order valence-corrected chi connectivity index (χ0v) is 10.3. The van der Waals surface area contributed by atoms with Gasteiger partial charge >= 0.3 is 0 Å². The van der Waals surface area contributed by atoms with E-state index >= 15 is 0 Å². The normalized spacial score (nSPS) is 28.3. The molecule has 4 nitrogen and oxygen atoms in total. The Morgan fingerprint density at radius 3 is 2.47 bits per heavy atom. The smallest absolute Gasteiger partial charge is 0.148 e. The number of likely N-dealkylation sites (N-methyl/N-ethyl adjacent to an activating group) is 1. The molecule has 1 aliphatic rings. The van der Waals surface area contributed by atoms with Crippen molar-refractivity contribution in [1.29, 1.82) is 0 Å². The van der Waals surface area contributed by atoms with Gasteiger partial charge in [0.15, 0.2) is 0 Å². The fourth-order valence-corrected chi connectivity index (χ4v) is 2.70. The van der Waals surface area contributed by atoms with Gasteiger partial charge in [-0.05, 0) is 19.9 Å². The number of hydrogen-bond acceptors (Lipinski definition) is 4. The van der Waals surface area contributed by atoms with Gasteiger partial charge in [-0.25, -0.2) is 8.42 Å². The van der Waals surface area contributed by atoms with Gasteiger partial charge in [0.1, 0.15) is 9.84 Å². The molecule has 15 heavy (non-hydrogen) atoms. The summed E-state index contributed by atoms with van der Waals surface area (Å²) in [5.74, 6) is 0.173. The number of aliphatic hydroxyl groups is 1. The maximum atomic E-state index is 11.0. The van der Waals surface area contributed by atoms with Crippen LogP contribution in [0.5, 0.6) is 0 Å². The van der Waals surface area contributed by atoms with Crippen LogP contribution < -0.4 is 0 Å². The molecule has 0 aromatic heterocycles. The lowest BCUT2D eigenvalue weighted by Crippen LogP contribution is -2.44. The molecule has 0 bridgehead atoms. The molecular weight excluding hydrogens is 214 g/mol. The molecule has 0 aromatic carbocycles. The van der Waals surface area contributed by atoms with Crippen LogP contribution in [-0.2, 0) is 9.84 Å². The van der Waals surface area contributed by atoms with Gasteiger partial charge < -0.3 is 5.11 Å². The molecule has 0 aliphatic heterocycles. The van der Waals surface area contributed by atoms with Gasteiger partial charge in [0.2, 0.25) is 0 Å². The number of rotatable bonds is 4. The summed E-state index contributed by atoms with van der Waals surface area (Å²) in [6.45, 7) is 0.514. The first kappa shape index (κ1) is 12.9. The zero-order valence-electron chi connectivity index (χ0n) is 9.52. The first-order valence-electron chi connectivity index (χ1n) is 5.46. The van der Waals surface area contributed by atoms with Crippen LogP contribution in [0.4, 0.5) is 0 Å². The summed E-state index contributed by atoms with van der Waals surface area (Å²) in [5.41, 5.74) is 0. The SMILES string of the molecule is CN(CCS(C)(=O)=O)[C@@H]1CCCC[C@H]1O. The minimum Gasteiger partial charge on any atom is -0.391 e. The molecule has 1 aliphatic carbocycles. The summed E-state index contributed by atoms with van der Waals surface area (Å²) < 4.78 is 22.0. The van der Waals surface area contributed by atoms with Crippen molar-refractivity contribution in [1.82, 2.24) is 4.90 Å². The van der Waals surface area contributed by atoms with Gasteiger partial charge in [-0.15, -0.1) is 0 Å². The van der Waals surface area contributed by atoms with Crippen molar-refractivity contribution in [3.8, 4) is 0 Å². The van der Waals surface area contributed by atoms with Gasteiger partial charge in [-0.1, -0.05) is 12.8 Å². The lowest BCUT2D eigenvalue weighted by Gasteiger charge is -2.35. The predicted molar refractivity (Wildman–Crippen MR) is 60.6 cm³/mol. The second-order valence-corrected chi connectivity index (χ2v) is 6.79. The average molecular weight is 235 g/mol. The fourth-order valence-electron chi connectivity index (χ4n) is 2.08. The highest BCUT2D eigenvalue weighted by molar-refractivity contribution is 7.90. The molecule has 0 unspecified atom stereocenters. The number of aliphatic hydroxyl groups excluding tert-OH is 1. The molecular formula is C10H21NO3S. The van der Waals surface area contributed by atoms with Crippen LogP contribution in [0.15, 0.2) is 0 Å². The van der Waals surface area contributed by atoms with Crippen molar-refractivity contribution in [2.75, 3.05) is 25.6 Å². The van der Waals surface area contributed by atoms with E-state index < -0.39 is 9.84 Å². The first-order chi connectivity index (χ1) is 6.90. The molecule has 0 aromatic rings. The van der Waals surface area contributed by atoms with Gasteiger partial charge in [0, 0.05) is 18.8 Å². The van der Waals surface area contributed by atoms with Gasteiger partial charge in [0.05, 0.1) is 11.9 Å². The molecule has 0 saturated heterocycles. The van der Waals surface area contributed by atoms with Crippen molar-refractivity contribution >= 4 is 9.84 Å². The van der Waals surface area contributed by atoms with Crippen LogP contribution >= 0.6 is 0 Å². The summed E-state index contributed by atoms with van der Waals surface area (Å²) in [6.07, 6.45) is 4.99. The Labute approximate surface area is 92.2 Å². The molecule has 5 heteroatoms. The Morgan fingerprint density at radius 2 is 1.93 bits per heavy atom. The minimum atomic E-state index is -2.90. The quantitative estimate of drug-likeness (QED) is 0.760. The molecule has 90 valence electrons. The summed E-state index contributed by atoms with van der Waals surface area (Å²) in [4.78, 5) is 1.98. The topological polar surface area (TPSA) is 57.6 Å². The Hall–Kier alpha value is -0.130. The zero-order chi connectivity index (χ0) is 11.5. The average Bonchev–Trinajstić information content (AvgIpc) is 2.14. The van der Waals surface area contributed by atoms with E-state index in [-0.39, 0.29) is 17.9 Å². The largest absolute Gasteiger partial charge is 0.391 e. The second-order valence-electron chi connectivity index (χ2n) is 4.53. The number of sulfone groups is 1. The van der Waals surface area contributed by atoms with E-state index in [9.17, 15) is 13.5 Å². The third kappa shape index (κ3) is 4.49. The molecule has 1 fully saturated rings. The molecule has 0 amide bonds. The molecule has 1 rings (SSSR count). The third-order valence-electron chi connectivity index (χ3n) is 3.07. The molecule has 0 spiro atoms. The second kappa shape index (κ2) is 5.27. The van der Waals surface area contributed by atoms with Crippen molar-refractivity contribution in [2.24, 2.45) is 0 Å². The first-order valence-corrected chi connectivity index (χ1v) is 7.52. The van der Waals surface area contributed by atoms with Gasteiger partial charge in [0.25, 0.3) is 0 Å². The number of nitrogens with zero attached hydrogens (tertiary/aromatic N) is 1. The van der Waals surface area contributed by atoms with Crippen LogP contribution in [0.25, 0.3) is 0 Å². The molecule has 0 radical (unpaired) electrons. The molecule has 1 saturated carbocycles. The van der Waals surface area contributed by atoms with Gasteiger partial charge in [-0.3, -0.25) is 4.90 Å². The highest BCUT2D eigenvalue weighted by Crippen LogP contribution is 2.22. The fraction of sp³-hybridized carbons (Fsp3) is 1.00. The van der Waals surface area contributed by atoms with Crippen LogP contribution in [-0.4, -0.2) is 56.2 Å². The van der Waals surface area contributed by atoms with Gasteiger partial charge in [-0.2, -0.15) is 0 Å². The third-order valence-corrected chi connectivity index (χ3v) is 4.00. The standard InChI is InChI=1S/C10H21NO3S/c1-11(7-8-15(2,13)14)9-5-3-4-6-10(9)12/h9-10,12H,3-8H2,1-2H3/t9-,10-/m1/s1. The summed E-state index contributed by atoms with van der Waals surface area (Å²) in [6, 6.07) is 0.139. The minimum absolute atomic E-state index is 0.139. The number of hydrogen-bond donors (Lipinski definition) is 1. The van der Waals surface area contributed by atoms with E-state index in [1.807, 2.05) is 11.9 Å². The molecule has 0 heterocycles. The van der Waals surface area contributed by atoms with Crippen LogP contribution in [0.3, 0.4) is 0 Å². The Balaban J connectivity index is 2.41. The van der Waals surface area contributed by atoms with E-state index in [1.54, 1.807) is 0 Å². The van der Waals surface area contributed by atoms with E-state index in [0.717, 1.165) is 25.7 Å². The van der Waals surface area contributed by atoms with E-state index in [0.29, 0.717) is 6.54 Å². The maximum absolute atomic E-state index is 11.0. The van der Waals surface area contributed by atoms with E-state index in [2.05, 4.69) is 0 Å². The molecule has 2 atom stereocenters. The summed E-state index contributed by atoms with van der Waals surface area (Å²) in [5, 5.41) is 9.78. The Morgan fingerprint density at radius 1 is 1.33 bits per heavy atom. The summed E-state index contributed by atoms with van der Waals surface area (Å²) in [7, 11) is -1.01. The van der Waals surface area contributed by atoms with Crippen LogP contribution in [0.1, 0.15) is 25.7 Å². The predicted octanol–water partition coefficient (Wildman–Crippen LogP) is 0.266. The van der Waals surface area contributed by atoms with Crippen molar-refractivity contribution < 1.29 is 13.5 Å². The molecule has 1 N–H and O–H groups in total. The highest BCUT2D eigenvalue weighted by Gasteiger charge is 2.26. The van der Waals surface area contributed by atoms with Crippen molar-refractivity contribution in [3.63, 3.8) is 0 Å². The van der Waals surface area contributed by atoms with Crippen molar-refractivity contribution in [2.45, 2.75) is 37.8 Å². The Bertz CT molecular complexity index is 289. The summed E-state index contributed by atoms with van der Waals surface area (Å²) >= 11 is 0. The highest BCUT2D eigenvalue weighted by atomic mass is 32.2. The van der Waals surface area contributed by atoms with Crippen LogP contribution in [0, 0.1) is 0 Å².